The van der Waals surface area contributed by atoms with Crippen LogP contribution in [0.1, 0.15) is 23.7 Å². The van der Waals surface area contributed by atoms with Crippen LogP contribution in [0, 0.1) is 5.82 Å². The Balaban J connectivity index is 1.92. The molecule has 1 atom stereocenters. The van der Waals surface area contributed by atoms with Crippen molar-refractivity contribution in [2.75, 3.05) is 13.1 Å². The minimum Gasteiger partial charge on any atom is -0.347 e. The van der Waals surface area contributed by atoms with Gasteiger partial charge in [0.2, 0.25) is 5.91 Å². The third kappa shape index (κ3) is 2.85. The predicted octanol–water partition coefficient (Wildman–Crippen LogP) is 1.18. The number of carbonyl (C=O) groups excluding carboxylic acids is 2. The van der Waals surface area contributed by atoms with Crippen molar-refractivity contribution in [2.45, 2.75) is 19.4 Å². The number of nitrogens with one attached hydrogen (secondary N) is 1. The van der Waals surface area contributed by atoms with Crippen LogP contribution in [0.2, 0.25) is 0 Å². The zero-order valence-electron chi connectivity index (χ0n) is 10.1. The van der Waals surface area contributed by atoms with Gasteiger partial charge in [0.1, 0.15) is 5.82 Å². The maximum absolute atomic E-state index is 12.7. The van der Waals surface area contributed by atoms with E-state index in [0.29, 0.717) is 18.7 Å². The topological polar surface area (TPSA) is 49.4 Å². The van der Waals surface area contributed by atoms with Gasteiger partial charge >= 0.3 is 0 Å². The lowest BCUT2D eigenvalue weighted by Gasteiger charge is -2.15. The van der Waals surface area contributed by atoms with Crippen molar-refractivity contribution in [3.63, 3.8) is 0 Å². The molecule has 0 bridgehead atoms. The highest BCUT2D eigenvalue weighted by Crippen LogP contribution is 2.10. The standard InChI is InChI=1S/C13H15FN2O2/c1-9(17)16-7-6-12(8-16)15-13(18)10-2-4-11(14)5-3-10/h2-5,12H,6-8H2,1H3,(H,15,18). The summed E-state index contributed by atoms with van der Waals surface area (Å²) in [5.41, 5.74) is 0.428. The maximum atomic E-state index is 12.7. The first-order chi connectivity index (χ1) is 8.56. The van der Waals surface area contributed by atoms with Crippen molar-refractivity contribution in [3.8, 4) is 0 Å². The largest absolute Gasteiger partial charge is 0.347 e. The van der Waals surface area contributed by atoms with Crippen molar-refractivity contribution in [3.05, 3.63) is 35.6 Å². The van der Waals surface area contributed by atoms with Gasteiger partial charge in [-0.1, -0.05) is 0 Å². The fraction of sp³-hybridized carbons (Fsp3) is 0.385. The SMILES string of the molecule is CC(=O)N1CCC(NC(=O)c2ccc(F)cc2)C1. The van der Waals surface area contributed by atoms with Crippen molar-refractivity contribution >= 4 is 11.8 Å². The molecule has 18 heavy (non-hydrogen) atoms. The van der Waals surface area contributed by atoms with Crippen LogP contribution in [-0.4, -0.2) is 35.8 Å². The molecule has 0 aliphatic carbocycles. The molecule has 1 aromatic rings. The number of rotatable bonds is 2. The van der Waals surface area contributed by atoms with Crippen molar-refractivity contribution in [1.29, 1.82) is 0 Å². The minimum atomic E-state index is -0.366. The second-order valence-corrected chi connectivity index (χ2v) is 4.43. The Morgan fingerprint density at radius 2 is 2.00 bits per heavy atom. The molecule has 2 amide bonds. The van der Waals surface area contributed by atoms with E-state index >= 15 is 0 Å². The van der Waals surface area contributed by atoms with Gasteiger partial charge in [-0.25, -0.2) is 4.39 Å². The third-order valence-electron chi connectivity index (χ3n) is 3.08. The highest BCUT2D eigenvalue weighted by atomic mass is 19.1. The van der Waals surface area contributed by atoms with Gasteiger partial charge in [-0.05, 0) is 30.7 Å². The first kappa shape index (κ1) is 12.5. The van der Waals surface area contributed by atoms with E-state index in [1.165, 1.54) is 31.2 Å². The van der Waals surface area contributed by atoms with Crippen LogP contribution in [0.25, 0.3) is 0 Å². The predicted molar refractivity (Wildman–Crippen MR) is 64.5 cm³/mol. The molecular formula is C13H15FN2O2. The second-order valence-electron chi connectivity index (χ2n) is 4.43. The van der Waals surface area contributed by atoms with Crippen LogP contribution in [0.3, 0.4) is 0 Å². The zero-order chi connectivity index (χ0) is 13.1. The summed E-state index contributed by atoms with van der Waals surface area (Å²) < 4.78 is 12.7. The number of hydrogen-bond donors (Lipinski definition) is 1. The monoisotopic (exact) mass is 250 g/mol. The van der Waals surface area contributed by atoms with Crippen molar-refractivity contribution in [1.82, 2.24) is 10.2 Å². The van der Waals surface area contributed by atoms with E-state index in [9.17, 15) is 14.0 Å². The van der Waals surface area contributed by atoms with Crippen LogP contribution in [-0.2, 0) is 4.79 Å². The number of nitrogens with zero attached hydrogens (tertiary/aromatic N) is 1. The number of hydrogen-bond acceptors (Lipinski definition) is 2. The van der Waals surface area contributed by atoms with Gasteiger partial charge in [0.15, 0.2) is 0 Å². The lowest BCUT2D eigenvalue weighted by Crippen LogP contribution is -2.37. The van der Waals surface area contributed by atoms with E-state index in [4.69, 9.17) is 0 Å². The molecule has 1 fully saturated rings. The Kier molecular flexibility index (Phi) is 3.60. The molecule has 1 unspecified atom stereocenters. The molecule has 96 valence electrons. The van der Waals surface area contributed by atoms with Gasteiger partial charge in [-0.3, -0.25) is 9.59 Å². The van der Waals surface area contributed by atoms with E-state index in [1.54, 1.807) is 4.90 Å². The molecule has 0 saturated carbocycles. The smallest absolute Gasteiger partial charge is 0.251 e. The maximum Gasteiger partial charge on any atom is 0.251 e. The fourth-order valence-corrected chi connectivity index (χ4v) is 2.03. The summed E-state index contributed by atoms with van der Waals surface area (Å²) in [6.07, 6.45) is 0.756. The molecule has 0 spiro atoms. The lowest BCUT2D eigenvalue weighted by molar-refractivity contribution is -0.127. The Bertz CT molecular complexity index is 459. The molecule has 2 rings (SSSR count). The number of benzene rings is 1. The quantitative estimate of drug-likeness (QED) is 0.856. The van der Waals surface area contributed by atoms with E-state index in [2.05, 4.69) is 5.32 Å². The third-order valence-corrected chi connectivity index (χ3v) is 3.08. The number of halogens is 1. The molecule has 1 heterocycles. The summed E-state index contributed by atoms with van der Waals surface area (Å²) in [7, 11) is 0. The molecule has 5 heteroatoms. The zero-order valence-corrected chi connectivity index (χ0v) is 10.1. The van der Waals surface area contributed by atoms with Gasteiger partial charge in [0.25, 0.3) is 5.91 Å². The molecular weight excluding hydrogens is 235 g/mol. The second kappa shape index (κ2) is 5.16. The highest BCUT2D eigenvalue weighted by Gasteiger charge is 2.25. The molecule has 4 nitrogen and oxygen atoms in total. The Morgan fingerprint density at radius 3 is 2.56 bits per heavy atom. The Hall–Kier alpha value is -1.91. The van der Waals surface area contributed by atoms with E-state index in [-0.39, 0.29) is 23.7 Å². The minimum absolute atomic E-state index is 0.0218. The average Bonchev–Trinajstić information content (AvgIpc) is 2.78. The number of carbonyl (C=O) groups is 2. The van der Waals surface area contributed by atoms with Crippen LogP contribution >= 0.6 is 0 Å². The molecule has 1 saturated heterocycles. The summed E-state index contributed by atoms with van der Waals surface area (Å²) in [4.78, 5) is 24.7. The molecule has 0 aromatic heterocycles. The summed E-state index contributed by atoms with van der Waals surface area (Å²) in [5, 5.41) is 2.84. The van der Waals surface area contributed by atoms with Crippen LogP contribution < -0.4 is 5.32 Å². The average molecular weight is 250 g/mol. The molecule has 1 aromatic carbocycles. The summed E-state index contributed by atoms with van der Waals surface area (Å²) in [5.74, 6) is -0.575. The highest BCUT2D eigenvalue weighted by molar-refractivity contribution is 5.94. The lowest BCUT2D eigenvalue weighted by atomic mass is 10.2. The normalized spacial score (nSPS) is 18.8. The van der Waals surface area contributed by atoms with Gasteiger partial charge < -0.3 is 10.2 Å². The van der Waals surface area contributed by atoms with Crippen LogP contribution in [0.4, 0.5) is 4.39 Å². The Morgan fingerprint density at radius 1 is 1.33 bits per heavy atom. The number of amides is 2. The molecule has 1 aliphatic rings. The van der Waals surface area contributed by atoms with Gasteiger partial charge in [-0.2, -0.15) is 0 Å². The first-order valence-electron chi connectivity index (χ1n) is 5.88. The van der Waals surface area contributed by atoms with Gasteiger partial charge in [0, 0.05) is 31.6 Å². The molecule has 1 N–H and O–H groups in total. The summed E-state index contributed by atoms with van der Waals surface area (Å²) in [6.45, 7) is 2.73. The Labute approximate surface area is 105 Å². The van der Waals surface area contributed by atoms with Crippen molar-refractivity contribution in [2.24, 2.45) is 0 Å². The van der Waals surface area contributed by atoms with Crippen LogP contribution in [0.15, 0.2) is 24.3 Å². The van der Waals surface area contributed by atoms with E-state index < -0.39 is 0 Å². The fourth-order valence-electron chi connectivity index (χ4n) is 2.03. The molecule has 1 aliphatic heterocycles. The summed E-state index contributed by atoms with van der Waals surface area (Å²) >= 11 is 0. The van der Waals surface area contributed by atoms with E-state index in [1.807, 2.05) is 0 Å². The first-order valence-corrected chi connectivity index (χ1v) is 5.88. The van der Waals surface area contributed by atoms with Crippen molar-refractivity contribution < 1.29 is 14.0 Å². The van der Waals surface area contributed by atoms with Crippen LogP contribution in [0.5, 0.6) is 0 Å². The summed E-state index contributed by atoms with van der Waals surface area (Å²) in [6, 6.07) is 5.38. The van der Waals surface area contributed by atoms with E-state index in [0.717, 1.165) is 6.42 Å². The number of likely N-dealkylation sites (tertiary alicyclic amines) is 1. The van der Waals surface area contributed by atoms with Gasteiger partial charge in [0.05, 0.1) is 0 Å². The van der Waals surface area contributed by atoms with Gasteiger partial charge in [-0.15, -0.1) is 0 Å². The molecule has 0 radical (unpaired) electrons.